The van der Waals surface area contributed by atoms with Gasteiger partial charge in [-0.05, 0) is 31.2 Å². The van der Waals surface area contributed by atoms with Crippen LogP contribution in [-0.2, 0) is 9.59 Å². The van der Waals surface area contributed by atoms with Crippen molar-refractivity contribution in [1.82, 2.24) is 5.32 Å². The second-order valence-electron chi connectivity index (χ2n) is 3.51. The second kappa shape index (κ2) is 6.25. The number of nitrogens with one attached hydrogen (secondary N) is 1. The number of aliphatic carboxylic acids is 1. The van der Waals surface area contributed by atoms with Crippen LogP contribution in [0.2, 0.25) is 0 Å². The Hall–Kier alpha value is -2.55. The minimum atomic E-state index is -1.12. The monoisotopic (exact) mass is 248 g/mol. The summed E-state index contributed by atoms with van der Waals surface area (Å²) in [6.07, 6.45) is -0.808. The predicted octanol–water partition coefficient (Wildman–Crippen LogP) is 0.526. The Morgan fingerprint density at radius 3 is 2.56 bits per heavy atom. The molecule has 94 valence electrons. The van der Waals surface area contributed by atoms with Crippen molar-refractivity contribution < 1.29 is 19.4 Å². The van der Waals surface area contributed by atoms with E-state index >= 15 is 0 Å². The number of hydrogen-bond acceptors (Lipinski definition) is 4. The van der Waals surface area contributed by atoms with Gasteiger partial charge in [0, 0.05) is 0 Å². The SMILES string of the molecule is CC(Oc1ccc(C#N)cc1)C(=O)NCC(=O)O. The summed E-state index contributed by atoms with van der Waals surface area (Å²) >= 11 is 0. The number of hydrogen-bond donors (Lipinski definition) is 2. The summed E-state index contributed by atoms with van der Waals surface area (Å²) < 4.78 is 5.29. The molecular formula is C12H12N2O4. The van der Waals surface area contributed by atoms with Gasteiger partial charge in [0.2, 0.25) is 0 Å². The predicted molar refractivity (Wildman–Crippen MR) is 61.9 cm³/mol. The molecule has 0 aromatic heterocycles. The number of carbonyl (C=O) groups excluding carboxylic acids is 1. The van der Waals surface area contributed by atoms with Crippen LogP contribution < -0.4 is 10.1 Å². The van der Waals surface area contributed by atoms with Crippen molar-refractivity contribution in [3.8, 4) is 11.8 Å². The lowest BCUT2D eigenvalue weighted by Gasteiger charge is -2.13. The number of carboxylic acid groups (broad SMARTS) is 1. The molecule has 6 heteroatoms. The maximum Gasteiger partial charge on any atom is 0.322 e. The number of rotatable bonds is 5. The Kier molecular flexibility index (Phi) is 4.69. The molecule has 1 rings (SSSR count). The molecule has 18 heavy (non-hydrogen) atoms. The fourth-order valence-electron chi connectivity index (χ4n) is 1.17. The van der Waals surface area contributed by atoms with Gasteiger partial charge in [-0.25, -0.2) is 0 Å². The van der Waals surface area contributed by atoms with E-state index in [-0.39, 0.29) is 0 Å². The Morgan fingerprint density at radius 1 is 1.44 bits per heavy atom. The molecule has 0 aliphatic heterocycles. The van der Waals surface area contributed by atoms with E-state index in [2.05, 4.69) is 5.32 Å². The summed E-state index contributed by atoms with van der Waals surface area (Å²) in [6.45, 7) is 1.06. The summed E-state index contributed by atoms with van der Waals surface area (Å²) in [5.41, 5.74) is 0.491. The molecule has 0 aliphatic carbocycles. The fourth-order valence-corrected chi connectivity index (χ4v) is 1.17. The molecule has 0 heterocycles. The number of carboxylic acids is 1. The molecule has 1 unspecified atom stereocenters. The lowest BCUT2D eigenvalue weighted by molar-refractivity contribution is -0.139. The standard InChI is InChI=1S/C12H12N2O4/c1-8(12(17)14-7-11(15)16)18-10-4-2-9(6-13)3-5-10/h2-5,8H,7H2,1H3,(H,14,17)(H,15,16). The number of nitrogens with zero attached hydrogens (tertiary/aromatic N) is 1. The largest absolute Gasteiger partial charge is 0.481 e. The van der Waals surface area contributed by atoms with Crippen LogP contribution in [0.5, 0.6) is 5.75 Å². The Labute approximate surface area is 104 Å². The first-order valence-corrected chi connectivity index (χ1v) is 5.19. The Morgan fingerprint density at radius 2 is 2.06 bits per heavy atom. The molecule has 0 aliphatic rings. The van der Waals surface area contributed by atoms with E-state index in [9.17, 15) is 9.59 Å². The molecule has 1 aromatic carbocycles. The van der Waals surface area contributed by atoms with Crippen molar-refractivity contribution in [2.45, 2.75) is 13.0 Å². The summed E-state index contributed by atoms with van der Waals surface area (Å²) in [5, 5.41) is 19.2. The molecule has 0 saturated heterocycles. The number of carbonyl (C=O) groups is 2. The van der Waals surface area contributed by atoms with Gasteiger partial charge in [-0.3, -0.25) is 9.59 Å². The highest BCUT2D eigenvalue weighted by Crippen LogP contribution is 2.13. The van der Waals surface area contributed by atoms with Crippen LogP contribution in [0.15, 0.2) is 24.3 Å². The molecule has 6 nitrogen and oxygen atoms in total. The molecule has 0 saturated carbocycles. The molecular weight excluding hydrogens is 236 g/mol. The molecule has 1 aromatic rings. The van der Waals surface area contributed by atoms with Crippen molar-refractivity contribution in [3.05, 3.63) is 29.8 Å². The summed E-state index contributed by atoms with van der Waals surface area (Å²) in [6, 6.07) is 8.23. The molecule has 0 radical (unpaired) electrons. The smallest absolute Gasteiger partial charge is 0.322 e. The number of amides is 1. The lowest BCUT2D eigenvalue weighted by atomic mass is 10.2. The van der Waals surface area contributed by atoms with Gasteiger partial charge in [0.25, 0.3) is 5.91 Å². The maximum absolute atomic E-state index is 11.4. The van der Waals surface area contributed by atoms with Crippen LogP contribution in [-0.4, -0.2) is 29.6 Å². The van der Waals surface area contributed by atoms with Crippen molar-refractivity contribution in [1.29, 1.82) is 5.26 Å². The molecule has 2 N–H and O–H groups in total. The van der Waals surface area contributed by atoms with E-state index in [4.69, 9.17) is 15.1 Å². The van der Waals surface area contributed by atoms with E-state index in [1.807, 2.05) is 6.07 Å². The van der Waals surface area contributed by atoms with Crippen LogP contribution in [0.4, 0.5) is 0 Å². The van der Waals surface area contributed by atoms with Gasteiger partial charge in [-0.2, -0.15) is 5.26 Å². The van der Waals surface area contributed by atoms with Crippen LogP contribution in [0.1, 0.15) is 12.5 Å². The van der Waals surface area contributed by atoms with Gasteiger partial charge in [0.05, 0.1) is 11.6 Å². The third-order valence-electron chi connectivity index (χ3n) is 2.08. The lowest BCUT2D eigenvalue weighted by Crippen LogP contribution is -2.39. The van der Waals surface area contributed by atoms with Crippen molar-refractivity contribution in [2.24, 2.45) is 0 Å². The first-order valence-electron chi connectivity index (χ1n) is 5.19. The summed E-state index contributed by atoms with van der Waals surface area (Å²) in [5.74, 6) is -1.19. The highest BCUT2D eigenvalue weighted by molar-refractivity contribution is 5.84. The maximum atomic E-state index is 11.4. The van der Waals surface area contributed by atoms with Crippen LogP contribution in [0.3, 0.4) is 0 Å². The zero-order valence-electron chi connectivity index (χ0n) is 9.71. The first kappa shape index (κ1) is 13.5. The summed E-state index contributed by atoms with van der Waals surface area (Å²) in [7, 11) is 0. The van der Waals surface area contributed by atoms with E-state index < -0.39 is 24.5 Å². The molecule has 0 bridgehead atoms. The van der Waals surface area contributed by atoms with E-state index in [0.29, 0.717) is 11.3 Å². The zero-order chi connectivity index (χ0) is 13.5. The van der Waals surface area contributed by atoms with Crippen LogP contribution in [0, 0.1) is 11.3 Å². The first-order chi connectivity index (χ1) is 8.52. The average Bonchev–Trinajstić information content (AvgIpc) is 2.36. The van der Waals surface area contributed by atoms with Gasteiger partial charge >= 0.3 is 5.97 Å². The Balaban J connectivity index is 2.53. The zero-order valence-corrected chi connectivity index (χ0v) is 9.71. The Bertz CT molecular complexity index is 476. The molecule has 0 spiro atoms. The topological polar surface area (TPSA) is 99.4 Å². The van der Waals surface area contributed by atoms with Gasteiger partial charge < -0.3 is 15.2 Å². The average molecular weight is 248 g/mol. The van der Waals surface area contributed by atoms with Crippen molar-refractivity contribution in [3.63, 3.8) is 0 Å². The number of nitriles is 1. The van der Waals surface area contributed by atoms with Gasteiger partial charge in [0.15, 0.2) is 6.10 Å². The minimum Gasteiger partial charge on any atom is -0.481 e. The van der Waals surface area contributed by atoms with E-state index in [1.54, 1.807) is 24.3 Å². The highest BCUT2D eigenvalue weighted by Gasteiger charge is 2.15. The molecule has 1 atom stereocenters. The third-order valence-corrected chi connectivity index (χ3v) is 2.08. The van der Waals surface area contributed by atoms with Crippen molar-refractivity contribution >= 4 is 11.9 Å². The fraction of sp³-hybridized carbons (Fsp3) is 0.250. The van der Waals surface area contributed by atoms with Crippen LogP contribution >= 0.6 is 0 Å². The normalized spacial score (nSPS) is 11.1. The minimum absolute atomic E-state index is 0.437. The van der Waals surface area contributed by atoms with Gasteiger partial charge in [-0.15, -0.1) is 0 Å². The number of ether oxygens (including phenoxy) is 1. The van der Waals surface area contributed by atoms with E-state index in [1.165, 1.54) is 6.92 Å². The third kappa shape index (κ3) is 4.14. The van der Waals surface area contributed by atoms with Crippen molar-refractivity contribution in [2.75, 3.05) is 6.54 Å². The molecule has 0 fully saturated rings. The van der Waals surface area contributed by atoms with Gasteiger partial charge in [0.1, 0.15) is 12.3 Å². The molecule has 1 amide bonds. The van der Waals surface area contributed by atoms with Crippen LogP contribution in [0.25, 0.3) is 0 Å². The quantitative estimate of drug-likeness (QED) is 0.791. The second-order valence-corrected chi connectivity index (χ2v) is 3.51. The van der Waals surface area contributed by atoms with Gasteiger partial charge in [-0.1, -0.05) is 0 Å². The van der Waals surface area contributed by atoms with E-state index in [0.717, 1.165) is 0 Å². The highest BCUT2D eigenvalue weighted by atomic mass is 16.5. The summed E-state index contributed by atoms with van der Waals surface area (Å²) in [4.78, 5) is 21.7. The number of benzene rings is 1.